The van der Waals surface area contributed by atoms with Gasteiger partial charge in [-0.25, -0.2) is 4.79 Å². The number of primary amides is 1. The van der Waals surface area contributed by atoms with E-state index in [2.05, 4.69) is 16.0 Å². The molecule has 4 atom stereocenters. The third-order valence-electron chi connectivity index (χ3n) is 4.24. The van der Waals surface area contributed by atoms with Gasteiger partial charge in [-0.05, 0) is 24.7 Å². The lowest BCUT2D eigenvalue weighted by molar-refractivity contribution is -0.143. The van der Waals surface area contributed by atoms with Crippen LogP contribution < -0.4 is 27.4 Å². The van der Waals surface area contributed by atoms with Crippen LogP contribution in [0.4, 0.5) is 0 Å². The van der Waals surface area contributed by atoms with Crippen molar-refractivity contribution in [1.29, 1.82) is 0 Å². The molecule has 4 unspecified atom stereocenters. The molecule has 0 aliphatic carbocycles. The van der Waals surface area contributed by atoms with E-state index in [1.165, 1.54) is 0 Å². The smallest absolute Gasteiger partial charge is 0.328 e. The van der Waals surface area contributed by atoms with E-state index in [1.807, 2.05) is 27.7 Å². The van der Waals surface area contributed by atoms with E-state index in [9.17, 15) is 24.0 Å². The number of amides is 4. The Morgan fingerprint density at radius 2 is 1.16 bits per heavy atom. The number of nitrogens with one attached hydrogen (secondary N) is 3. The van der Waals surface area contributed by atoms with Crippen molar-refractivity contribution in [2.24, 2.45) is 23.3 Å². The van der Waals surface area contributed by atoms with Gasteiger partial charge >= 0.3 is 5.97 Å². The van der Waals surface area contributed by atoms with Crippen LogP contribution in [0.2, 0.25) is 0 Å². The van der Waals surface area contributed by atoms with E-state index in [4.69, 9.17) is 21.7 Å². The Kier molecular flexibility index (Phi) is 12.4. The van der Waals surface area contributed by atoms with Gasteiger partial charge in [0, 0.05) is 0 Å². The van der Waals surface area contributed by atoms with Gasteiger partial charge in [0.1, 0.15) is 18.1 Å². The monoisotopic (exact) mass is 445 g/mol. The number of aliphatic hydroxyl groups is 1. The molecule has 0 saturated carbocycles. The minimum absolute atomic E-state index is 0.00781. The minimum atomic E-state index is -1.52. The summed E-state index contributed by atoms with van der Waals surface area (Å²) in [6, 6.07) is -4.87. The number of nitrogens with two attached hydrogens (primary N) is 2. The predicted octanol–water partition coefficient (Wildman–Crippen LogP) is -2.19. The second-order valence-electron chi connectivity index (χ2n) is 8.24. The van der Waals surface area contributed by atoms with Crippen LogP contribution >= 0.6 is 0 Å². The number of hydrogen-bond acceptors (Lipinski definition) is 7. The van der Waals surface area contributed by atoms with Crippen molar-refractivity contribution in [1.82, 2.24) is 16.0 Å². The Balaban J connectivity index is 5.43. The standard InChI is InChI=1S/C19H35N5O7/c1-9(2)5-12(22-16(27)11(20)7-15(21)26)17(28)23-13(6-10(3)4)18(29)24-14(8-25)19(30)31/h9-14,25H,5-8,20H2,1-4H3,(H2,21,26)(H,22,27)(H,23,28)(H,24,29)(H,30,31). The first-order valence-corrected chi connectivity index (χ1v) is 10.1. The van der Waals surface area contributed by atoms with E-state index in [0.29, 0.717) is 0 Å². The van der Waals surface area contributed by atoms with Crippen molar-refractivity contribution in [2.45, 2.75) is 71.1 Å². The highest BCUT2D eigenvalue weighted by atomic mass is 16.4. The fourth-order valence-corrected chi connectivity index (χ4v) is 2.72. The van der Waals surface area contributed by atoms with E-state index in [1.54, 1.807) is 0 Å². The molecule has 0 saturated heterocycles. The molecule has 0 aliphatic heterocycles. The number of carboxylic acid groups (broad SMARTS) is 1. The normalized spacial score (nSPS) is 15.0. The summed E-state index contributed by atoms with van der Waals surface area (Å²) >= 11 is 0. The van der Waals surface area contributed by atoms with Gasteiger partial charge in [-0.1, -0.05) is 27.7 Å². The Morgan fingerprint density at radius 1 is 0.774 bits per heavy atom. The number of rotatable bonds is 14. The van der Waals surface area contributed by atoms with Gasteiger partial charge in [0.15, 0.2) is 0 Å². The van der Waals surface area contributed by atoms with Crippen LogP contribution in [0.25, 0.3) is 0 Å². The number of carbonyl (C=O) groups is 5. The SMILES string of the molecule is CC(C)CC(NC(=O)C(N)CC(N)=O)C(=O)NC(CC(C)C)C(=O)NC(CO)C(=O)O. The van der Waals surface area contributed by atoms with Gasteiger partial charge < -0.3 is 37.6 Å². The molecule has 9 N–H and O–H groups in total. The van der Waals surface area contributed by atoms with Gasteiger partial charge in [-0.2, -0.15) is 0 Å². The van der Waals surface area contributed by atoms with Gasteiger partial charge in [0.25, 0.3) is 0 Å². The largest absolute Gasteiger partial charge is 0.480 e. The lowest BCUT2D eigenvalue weighted by Crippen LogP contribution is -2.58. The van der Waals surface area contributed by atoms with Crippen LogP contribution in [0.5, 0.6) is 0 Å². The van der Waals surface area contributed by atoms with E-state index in [-0.39, 0.29) is 24.7 Å². The number of hydrogen-bond donors (Lipinski definition) is 7. The molecule has 0 heterocycles. The quantitative estimate of drug-likeness (QED) is 0.155. The summed E-state index contributed by atoms with van der Waals surface area (Å²) in [6.45, 7) is 6.46. The molecule has 0 aromatic rings. The fourth-order valence-electron chi connectivity index (χ4n) is 2.72. The third kappa shape index (κ3) is 11.3. The van der Waals surface area contributed by atoms with Crippen molar-refractivity contribution in [3.63, 3.8) is 0 Å². The summed E-state index contributed by atoms with van der Waals surface area (Å²) < 4.78 is 0. The topological polar surface area (TPSA) is 214 Å². The highest BCUT2D eigenvalue weighted by Crippen LogP contribution is 2.09. The molecule has 0 aromatic heterocycles. The van der Waals surface area contributed by atoms with E-state index < -0.39 is 66.8 Å². The first-order valence-electron chi connectivity index (χ1n) is 10.1. The molecule has 12 nitrogen and oxygen atoms in total. The lowest BCUT2D eigenvalue weighted by atomic mass is 9.99. The molecule has 31 heavy (non-hydrogen) atoms. The highest BCUT2D eigenvalue weighted by Gasteiger charge is 2.31. The number of carbonyl (C=O) groups excluding carboxylic acids is 4. The lowest BCUT2D eigenvalue weighted by Gasteiger charge is -2.26. The minimum Gasteiger partial charge on any atom is -0.480 e. The maximum Gasteiger partial charge on any atom is 0.328 e. The van der Waals surface area contributed by atoms with Gasteiger partial charge in [0.2, 0.25) is 23.6 Å². The van der Waals surface area contributed by atoms with Crippen LogP contribution in [0.1, 0.15) is 47.0 Å². The molecular weight excluding hydrogens is 410 g/mol. The van der Waals surface area contributed by atoms with Crippen LogP contribution in [0.3, 0.4) is 0 Å². The van der Waals surface area contributed by atoms with Crippen LogP contribution in [-0.2, 0) is 24.0 Å². The van der Waals surface area contributed by atoms with Crippen LogP contribution in [0, 0.1) is 11.8 Å². The first-order chi connectivity index (χ1) is 14.3. The summed E-state index contributed by atoms with van der Waals surface area (Å²) in [5.41, 5.74) is 10.7. The maximum absolute atomic E-state index is 12.8. The first kappa shape index (κ1) is 28.3. The molecule has 0 bridgehead atoms. The predicted molar refractivity (Wildman–Crippen MR) is 111 cm³/mol. The Bertz CT molecular complexity index is 654. The molecule has 0 aliphatic rings. The number of aliphatic carboxylic acids is 1. The average Bonchev–Trinajstić information content (AvgIpc) is 2.62. The molecule has 0 rings (SSSR count). The Hall–Kier alpha value is -2.73. The number of aliphatic hydroxyl groups excluding tert-OH is 1. The molecule has 0 fully saturated rings. The molecular formula is C19H35N5O7. The van der Waals surface area contributed by atoms with Crippen molar-refractivity contribution in [3.8, 4) is 0 Å². The van der Waals surface area contributed by atoms with Gasteiger partial charge in [-0.3, -0.25) is 19.2 Å². The van der Waals surface area contributed by atoms with Crippen LogP contribution in [0.15, 0.2) is 0 Å². The zero-order chi connectivity index (χ0) is 24.3. The highest BCUT2D eigenvalue weighted by molar-refractivity contribution is 5.95. The van der Waals surface area contributed by atoms with Crippen molar-refractivity contribution in [2.75, 3.05) is 6.61 Å². The average molecular weight is 446 g/mol. The summed E-state index contributed by atoms with van der Waals surface area (Å²) in [5.74, 6) is -4.40. The van der Waals surface area contributed by atoms with E-state index >= 15 is 0 Å². The molecule has 0 radical (unpaired) electrons. The van der Waals surface area contributed by atoms with Crippen molar-refractivity contribution < 1.29 is 34.2 Å². The maximum atomic E-state index is 12.8. The Labute approximate surface area is 181 Å². The zero-order valence-corrected chi connectivity index (χ0v) is 18.4. The molecule has 0 aromatic carbocycles. The number of carboxylic acids is 1. The summed E-state index contributed by atoms with van der Waals surface area (Å²) in [6.07, 6.45) is 0.0299. The molecule has 178 valence electrons. The zero-order valence-electron chi connectivity index (χ0n) is 18.4. The molecule has 0 spiro atoms. The van der Waals surface area contributed by atoms with Gasteiger partial charge in [0.05, 0.1) is 19.1 Å². The second-order valence-corrected chi connectivity index (χ2v) is 8.24. The van der Waals surface area contributed by atoms with Crippen molar-refractivity contribution >= 4 is 29.6 Å². The summed E-state index contributed by atoms with van der Waals surface area (Å²) in [4.78, 5) is 59.6. The fraction of sp³-hybridized carbons (Fsp3) is 0.737. The molecule has 12 heteroatoms. The second kappa shape index (κ2) is 13.5. The van der Waals surface area contributed by atoms with Crippen molar-refractivity contribution in [3.05, 3.63) is 0 Å². The van der Waals surface area contributed by atoms with Crippen LogP contribution in [-0.4, -0.2) is 70.6 Å². The van der Waals surface area contributed by atoms with Gasteiger partial charge in [-0.15, -0.1) is 0 Å². The third-order valence-corrected chi connectivity index (χ3v) is 4.24. The molecule has 4 amide bonds. The summed E-state index contributed by atoms with van der Waals surface area (Å²) in [5, 5.41) is 25.3. The van der Waals surface area contributed by atoms with E-state index in [0.717, 1.165) is 0 Å². The Morgan fingerprint density at radius 3 is 1.48 bits per heavy atom. The summed E-state index contributed by atoms with van der Waals surface area (Å²) in [7, 11) is 0.